The van der Waals surface area contributed by atoms with E-state index >= 15 is 0 Å². The Kier molecular flexibility index (Phi) is 4.47. The van der Waals surface area contributed by atoms with Crippen molar-refractivity contribution in [3.8, 4) is 0 Å². The maximum atomic E-state index is 12.0. The first-order valence-corrected chi connectivity index (χ1v) is 6.63. The molecule has 1 heterocycles. The van der Waals surface area contributed by atoms with Gasteiger partial charge in [-0.05, 0) is 31.2 Å². The fourth-order valence-electron chi connectivity index (χ4n) is 1.86. The van der Waals surface area contributed by atoms with Gasteiger partial charge in [0.2, 0.25) is 0 Å². The van der Waals surface area contributed by atoms with Gasteiger partial charge in [-0.1, -0.05) is 23.7 Å². The first-order chi connectivity index (χ1) is 9.48. The van der Waals surface area contributed by atoms with E-state index in [9.17, 15) is 9.90 Å². The number of halogens is 1. The number of hydrogen-bond acceptors (Lipinski definition) is 3. The van der Waals surface area contributed by atoms with Crippen LogP contribution >= 0.6 is 11.6 Å². The van der Waals surface area contributed by atoms with Gasteiger partial charge in [0.05, 0.1) is 22.5 Å². The van der Waals surface area contributed by atoms with Crippen molar-refractivity contribution in [2.75, 3.05) is 6.54 Å². The second-order valence-electron chi connectivity index (χ2n) is 4.92. The number of amides is 1. The summed E-state index contributed by atoms with van der Waals surface area (Å²) in [4.78, 5) is 12.0. The Hall–Kier alpha value is -1.78. The Balaban J connectivity index is 1.94. The molecule has 0 fully saturated rings. The lowest BCUT2D eigenvalue weighted by Crippen LogP contribution is -2.42. The summed E-state index contributed by atoms with van der Waals surface area (Å²) >= 11 is 5.95. The zero-order valence-corrected chi connectivity index (χ0v) is 11.9. The molecule has 0 radical (unpaired) electrons. The highest BCUT2D eigenvalue weighted by atomic mass is 35.5. The Bertz CT molecular complexity index is 579. The summed E-state index contributed by atoms with van der Waals surface area (Å²) in [6.07, 6.45) is 1.87. The average molecular weight is 294 g/mol. The van der Waals surface area contributed by atoms with Crippen LogP contribution in [0.1, 0.15) is 23.0 Å². The van der Waals surface area contributed by atoms with E-state index in [-0.39, 0.29) is 12.5 Å². The van der Waals surface area contributed by atoms with Crippen LogP contribution in [0.2, 0.25) is 5.02 Å². The average Bonchev–Trinajstić information content (AvgIpc) is 2.89. The van der Waals surface area contributed by atoms with E-state index in [2.05, 4.69) is 5.32 Å². The normalized spacial score (nSPS) is 13.8. The van der Waals surface area contributed by atoms with Crippen molar-refractivity contribution in [3.63, 3.8) is 0 Å². The second-order valence-corrected chi connectivity index (χ2v) is 5.32. The summed E-state index contributed by atoms with van der Waals surface area (Å²) in [5.41, 5.74) is -0.697. The fourth-order valence-corrected chi connectivity index (χ4v) is 2.08. The number of carbonyl (C=O) groups excluding carboxylic acids is 1. The number of carbonyl (C=O) groups is 1. The van der Waals surface area contributed by atoms with Crippen LogP contribution in [0.3, 0.4) is 0 Å². The molecular formula is C15H16ClNO3. The number of aliphatic hydroxyl groups is 1. The standard InChI is InChI=1S/C15H16ClNO3/c1-15(19,9-11-5-4-8-20-11)10-17-14(18)12-6-2-3-7-13(12)16/h2-8,19H,9-10H2,1H3,(H,17,18). The third-order valence-electron chi connectivity index (χ3n) is 2.88. The van der Waals surface area contributed by atoms with Crippen molar-refractivity contribution >= 4 is 17.5 Å². The van der Waals surface area contributed by atoms with Gasteiger partial charge in [-0.3, -0.25) is 4.79 Å². The van der Waals surface area contributed by atoms with Crippen molar-refractivity contribution in [1.82, 2.24) is 5.32 Å². The number of furan rings is 1. The van der Waals surface area contributed by atoms with Crippen LogP contribution < -0.4 is 5.32 Å². The molecule has 1 atom stereocenters. The molecule has 0 spiro atoms. The fraction of sp³-hybridized carbons (Fsp3) is 0.267. The topological polar surface area (TPSA) is 62.5 Å². The van der Waals surface area contributed by atoms with Gasteiger partial charge in [0, 0.05) is 13.0 Å². The molecular weight excluding hydrogens is 278 g/mol. The highest BCUT2D eigenvalue weighted by Gasteiger charge is 2.23. The minimum Gasteiger partial charge on any atom is -0.469 e. The molecule has 0 bridgehead atoms. The van der Waals surface area contributed by atoms with Gasteiger partial charge in [0.1, 0.15) is 5.76 Å². The Labute approximate surface area is 122 Å². The number of rotatable bonds is 5. The van der Waals surface area contributed by atoms with E-state index in [1.165, 1.54) is 0 Å². The zero-order chi connectivity index (χ0) is 14.6. The summed E-state index contributed by atoms with van der Waals surface area (Å²) in [7, 11) is 0. The SMILES string of the molecule is CC(O)(CNC(=O)c1ccccc1Cl)Cc1ccco1. The first-order valence-electron chi connectivity index (χ1n) is 6.25. The van der Waals surface area contributed by atoms with Gasteiger partial charge in [-0.15, -0.1) is 0 Å². The third-order valence-corrected chi connectivity index (χ3v) is 3.21. The van der Waals surface area contributed by atoms with Crippen LogP contribution in [0.15, 0.2) is 47.1 Å². The molecule has 1 amide bonds. The molecule has 5 heteroatoms. The lowest BCUT2D eigenvalue weighted by Gasteiger charge is -2.22. The molecule has 0 aliphatic rings. The van der Waals surface area contributed by atoms with Crippen molar-refractivity contribution in [1.29, 1.82) is 0 Å². The first kappa shape index (κ1) is 14.6. The molecule has 2 rings (SSSR count). The van der Waals surface area contributed by atoms with E-state index in [1.807, 2.05) is 0 Å². The molecule has 0 saturated heterocycles. The molecule has 1 aromatic carbocycles. The maximum Gasteiger partial charge on any atom is 0.252 e. The summed E-state index contributed by atoms with van der Waals surface area (Å²) < 4.78 is 5.19. The molecule has 4 nitrogen and oxygen atoms in total. The monoisotopic (exact) mass is 293 g/mol. The quantitative estimate of drug-likeness (QED) is 0.891. The molecule has 1 unspecified atom stereocenters. The lowest BCUT2D eigenvalue weighted by molar-refractivity contribution is 0.0510. The number of benzene rings is 1. The van der Waals surface area contributed by atoms with E-state index < -0.39 is 5.60 Å². The smallest absolute Gasteiger partial charge is 0.252 e. The van der Waals surface area contributed by atoms with Gasteiger partial charge in [0.15, 0.2) is 0 Å². The van der Waals surface area contributed by atoms with Crippen LogP contribution in [0.25, 0.3) is 0 Å². The highest BCUT2D eigenvalue weighted by molar-refractivity contribution is 6.33. The van der Waals surface area contributed by atoms with E-state index in [0.29, 0.717) is 22.8 Å². The number of hydrogen-bond donors (Lipinski definition) is 2. The van der Waals surface area contributed by atoms with Crippen molar-refractivity contribution in [2.24, 2.45) is 0 Å². The highest BCUT2D eigenvalue weighted by Crippen LogP contribution is 2.16. The molecule has 20 heavy (non-hydrogen) atoms. The van der Waals surface area contributed by atoms with Gasteiger partial charge in [-0.2, -0.15) is 0 Å². The Morgan fingerprint density at radius 1 is 1.35 bits per heavy atom. The Morgan fingerprint density at radius 3 is 2.75 bits per heavy atom. The zero-order valence-electron chi connectivity index (χ0n) is 11.1. The van der Waals surface area contributed by atoms with Crippen LogP contribution in [-0.4, -0.2) is 23.2 Å². The number of nitrogens with one attached hydrogen (secondary N) is 1. The van der Waals surface area contributed by atoms with Gasteiger partial charge >= 0.3 is 0 Å². The van der Waals surface area contributed by atoms with Crippen LogP contribution in [0.4, 0.5) is 0 Å². The van der Waals surface area contributed by atoms with Gasteiger partial charge in [0.25, 0.3) is 5.91 Å². The predicted molar refractivity (Wildman–Crippen MR) is 76.8 cm³/mol. The van der Waals surface area contributed by atoms with Crippen LogP contribution in [0.5, 0.6) is 0 Å². The maximum absolute atomic E-state index is 12.0. The molecule has 0 saturated carbocycles. The van der Waals surface area contributed by atoms with Crippen LogP contribution in [0, 0.1) is 0 Å². The third kappa shape index (κ3) is 3.85. The molecule has 106 valence electrons. The van der Waals surface area contributed by atoms with E-state index in [4.69, 9.17) is 16.0 Å². The summed E-state index contributed by atoms with van der Waals surface area (Å²) in [5.74, 6) is 0.359. The van der Waals surface area contributed by atoms with E-state index in [1.54, 1.807) is 49.6 Å². The minimum atomic E-state index is -1.09. The van der Waals surface area contributed by atoms with Crippen LogP contribution in [-0.2, 0) is 6.42 Å². The van der Waals surface area contributed by atoms with Gasteiger partial charge in [-0.25, -0.2) is 0 Å². The minimum absolute atomic E-state index is 0.109. The molecule has 2 N–H and O–H groups in total. The van der Waals surface area contributed by atoms with Crippen molar-refractivity contribution < 1.29 is 14.3 Å². The van der Waals surface area contributed by atoms with E-state index in [0.717, 1.165) is 0 Å². The summed E-state index contributed by atoms with van der Waals surface area (Å²) in [5, 5.41) is 13.3. The van der Waals surface area contributed by atoms with Crippen molar-refractivity contribution in [3.05, 3.63) is 59.0 Å². The lowest BCUT2D eigenvalue weighted by atomic mass is 10.0. The largest absolute Gasteiger partial charge is 0.469 e. The second kappa shape index (κ2) is 6.11. The summed E-state index contributed by atoms with van der Waals surface area (Å²) in [6, 6.07) is 10.3. The Morgan fingerprint density at radius 2 is 2.10 bits per heavy atom. The molecule has 1 aromatic heterocycles. The molecule has 2 aromatic rings. The van der Waals surface area contributed by atoms with Crippen molar-refractivity contribution in [2.45, 2.75) is 18.9 Å². The van der Waals surface area contributed by atoms with Gasteiger partial charge < -0.3 is 14.8 Å². The molecule has 0 aliphatic carbocycles. The molecule has 0 aliphatic heterocycles. The summed E-state index contributed by atoms with van der Waals surface area (Å²) in [6.45, 7) is 1.75. The predicted octanol–water partition coefficient (Wildman–Crippen LogP) is 2.66.